The molecule has 6 heteroatoms. The molecule has 1 aromatic rings. The van der Waals surface area contributed by atoms with Gasteiger partial charge in [-0.3, -0.25) is 14.4 Å². The van der Waals surface area contributed by atoms with Gasteiger partial charge in [0.1, 0.15) is 0 Å². The number of halogens is 1. The van der Waals surface area contributed by atoms with Crippen LogP contribution >= 0.6 is 15.9 Å². The van der Waals surface area contributed by atoms with E-state index in [1.165, 1.54) is 7.11 Å². The first-order valence-corrected chi connectivity index (χ1v) is 6.94. The minimum Gasteiger partial charge on any atom is -0.469 e. The molecule has 0 spiro atoms. The summed E-state index contributed by atoms with van der Waals surface area (Å²) in [5.74, 6) is -0.712. The quantitative estimate of drug-likeness (QED) is 0.608. The van der Waals surface area contributed by atoms with Crippen molar-refractivity contribution in [2.75, 3.05) is 13.7 Å². The van der Waals surface area contributed by atoms with Crippen LogP contribution < -0.4 is 5.32 Å². The fourth-order valence-corrected chi connectivity index (χ4v) is 1.77. The molecule has 5 nitrogen and oxygen atoms in total. The summed E-state index contributed by atoms with van der Waals surface area (Å²) in [6.45, 7) is 0.220. The van der Waals surface area contributed by atoms with Gasteiger partial charge in [-0.05, 0) is 12.1 Å². The molecule has 0 saturated heterocycles. The van der Waals surface area contributed by atoms with E-state index in [2.05, 4.69) is 26.0 Å². The van der Waals surface area contributed by atoms with Gasteiger partial charge in [-0.2, -0.15) is 0 Å². The maximum absolute atomic E-state index is 11.8. The van der Waals surface area contributed by atoms with E-state index in [0.29, 0.717) is 5.56 Å². The number of ether oxygens (including phenoxy) is 1. The van der Waals surface area contributed by atoms with Crippen molar-refractivity contribution < 1.29 is 19.1 Å². The zero-order valence-electron chi connectivity index (χ0n) is 11.1. The van der Waals surface area contributed by atoms with Gasteiger partial charge >= 0.3 is 5.97 Å². The van der Waals surface area contributed by atoms with Crippen molar-refractivity contribution in [2.45, 2.75) is 19.3 Å². The Morgan fingerprint density at radius 2 is 1.75 bits per heavy atom. The molecule has 0 fully saturated rings. The molecule has 0 aliphatic carbocycles. The zero-order valence-corrected chi connectivity index (χ0v) is 12.7. The van der Waals surface area contributed by atoms with E-state index in [0.717, 1.165) is 4.47 Å². The van der Waals surface area contributed by atoms with Gasteiger partial charge in [0.25, 0.3) is 0 Å². The van der Waals surface area contributed by atoms with Crippen LogP contribution in [0.4, 0.5) is 0 Å². The molecule has 20 heavy (non-hydrogen) atoms. The van der Waals surface area contributed by atoms with Crippen LogP contribution in [0.3, 0.4) is 0 Å². The van der Waals surface area contributed by atoms with E-state index in [-0.39, 0.29) is 43.5 Å². The third-order valence-electron chi connectivity index (χ3n) is 2.62. The zero-order chi connectivity index (χ0) is 15.0. The van der Waals surface area contributed by atoms with Crippen molar-refractivity contribution in [1.82, 2.24) is 5.32 Å². The Morgan fingerprint density at radius 3 is 2.35 bits per heavy atom. The van der Waals surface area contributed by atoms with Gasteiger partial charge in [-0.1, -0.05) is 28.1 Å². The van der Waals surface area contributed by atoms with Crippen molar-refractivity contribution in [3.63, 3.8) is 0 Å². The number of hydrogen-bond acceptors (Lipinski definition) is 4. The molecule has 0 atom stereocenters. The van der Waals surface area contributed by atoms with Gasteiger partial charge in [-0.15, -0.1) is 0 Å². The Bertz CT molecular complexity index is 484. The maximum Gasteiger partial charge on any atom is 0.307 e. The molecule has 0 unspecified atom stereocenters. The smallest absolute Gasteiger partial charge is 0.307 e. The second kappa shape index (κ2) is 8.47. The van der Waals surface area contributed by atoms with Gasteiger partial charge < -0.3 is 10.1 Å². The SMILES string of the molecule is COC(=O)CCNC(=O)CCC(=O)c1ccc(Br)cc1. The van der Waals surface area contributed by atoms with Crippen LogP contribution in [0.15, 0.2) is 28.7 Å². The minimum atomic E-state index is -0.378. The Hall–Kier alpha value is -1.69. The fraction of sp³-hybridized carbons (Fsp3) is 0.357. The normalized spacial score (nSPS) is 9.90. The number of ketones is 1. The van der Waals surface area contributed by atoms with E-state index in [9.17, 15) is 14.4 Å². The lowest BCUT2D eigenvalue weighted by Crippen LogP contribution is -2.26. The summed E-state index contributed by atoms with van der Waals surface area (Å²) < 4.78 is 5.35. The Kier molecular flexibility index (Phi) is 6.93. The highest BCUT2D eigenvalue weighted by atomic mass is 79.9. The van der Waals surface area contributed by atoms with Crippen molar-refractivity contribution in [2.24, 2.45) is 0 Å². The van der Waals surface area contributed by atoms with E-state index in [1.807, 2.05) is 0 Å². The number of amides is 1. The molecule has 1 N–H and O–H groups in total. The monoisotopic (exact) mass is 341 g/mol. The molecule has 108 valence electrons. The molecule has 0 aliphatic rings. The topological polar surface area (TPSA) is 72.5 Å². The number of hydrogen-bond donors (Lipinski definition) is 1. The lowest BCUT2D eigenvalue weighted by Gasteiger charge is -2.04. The highest BCUT2D eigenvalue weighted by molar-refractivity contribution is 9.10. The van der Waals surface area contributed by atoms with Gasteiger partial charge in [0, 0.05) is 29.4 Å². The molecule has 0 aliphatic heterocycles. The van der Waals surface area contributed by atoms with E-state index >= 15 is 0 Å². The molecule has 0 saturated carbocycles. The Morgan fingerprint density at radius 1 is 1.10 bits per heavy atom. The number of nitrogens with one attached hydrogen (secondary N) is 1. The number of benzene rings is 1. The molecule has 0 heterocycles. The first-order valence-electron chi connectivity index (χ1n) is 6.15. The lowest BCUT2D eigenvalue weighted by molar-refractivity contribution is -0.140. The second-order valence-electron chi connectivity index (χ2n) is 4.11. The minimum absolute atomic E-state index is 0.0828. The summed E-state index contributed by atoms with van der Waals surface area (Å²) in [4.78, 5) is 34.1. The summed E-state index contributed by atoms with van der Waals surface area (Å²) in [5.41, 5.74) is 0.579. The summed E-state index contributed by atoms with van der Waals surface area (Å²) >= 11 is 3.29. The summed E-state index contributed by atoms with van der Waals surface area (Å²) in [6.07, 6.45) is 0.380. The first kappa shape index (κ1) is 16.4. The Labute approximate surface area is 125 Å². The maximum atomic E-state index is 11.8. The van der Waals surface area contributed by atoms with Crippen molar-refractivity contribution in [3.8, 4) is 0 Å². The molecular weight excluding hydrogens is 326 g/mol. The summed E-state index contributed by atoms with van der Waals surface area (Å²) in [7, 11) is 1.29. The summed E-state index contributed by atoms with van der Waals surface area (Å²) in [5, 5.41) is 2.56. The first-order chi connectivity index (χ1) is 9.52. The number of carbonyl (C=O) groups is 3. The number of rotatable bonds is 7. The predicted octanol–water partition coefficient (Wildman–Crippen LogP) is 2.09. The standard InChI is InChI=1S/C14H16BrNO4/c1-20-14(19)8-9-16-13(18)7-6-12(17)10-2-4-11(15)5-3-10/h2-5H,6-9H2,1H3,(H,16,18). The molecule has 0 aromatic heterocycles. The number of carbonyl (C=O) groups excluding carboxylic acids is 3. The number of esters is 1. The van der Waals surface area contributed by atoms with Crippen LogP contribution in [0, 0.1) is 0 Å². The molecule has 1 rings (SSSR count). The average Bonchev–Trinajstić information content (AvgIpc) is 2.45. The lowest BCUT2D eigenvalue weighted by atomic mass is 10.1. The van der Waals surface area contributed by atoms with Crippen LogP contribution in [0.5, 0.6) is 0 Å². The van der Waals surface area contributed by atoms with Gasteiger partial charge in [0.05, 0.1) is 13.5 Å². The highest BCUT2D eigenvalue weighted by Crippen LogP contribution is 2.12. The second-order valence-corrected chi connectivity index (χ2v) is 5.02. The molecule has 1 amide bonds. The van der Waals surface area contributed by atoms with Crippen LogP contribution in [0.25, 0.3) is 0 Å². The largest absolute Gasteiger partial charge is 0.469 e. The Balaban J connectivity index is 2.28. The van der Waals surface area contributed by atoms with Crippen LogP contribution in [-0.2, 0) is 14.3 Å². The molecule has 0 radical (unpaired) electrons. The number of methoxy groups -OCH3 is 1. The van der Waals surface area contributed by atoms with Crippen LogP contribution in [-0.4, -0.2) is 31.3 Å². The summed E-state index contributed by atoms with van der Waals surface area (Å²) in [6, 6.07) is 6.98. The number of Topliss-reactive ketones (excluding diaryl/α,β-unsaturated/α-hetero) is 1. The van der Waals surface area contributed by atoms with Gasteiger partial charge in [-0.25, -0.2) is 0 Å². The van der Waals surface area contributed by atoms with E-state index in [1.54, 1.807) is 24.3 Å². The van der Waals surface area contributed by atoms with Crippen LogP contribution in [0.1, 0.15) is 29.6 Å². The van der Waals surface area contributed by atoms with Crippen molar-refractivity contribution in [3.05, 3.63) is 34.3 Å². The van der Waals surface area contributed by atoms with Crippen LogP contribution in [0.2, 0.25) is 0 Å². The van der Waals surface area contributed by atoms with Gasteiger partial charge in [0.2, 0.25) is 5.91 Å². The van der Waals surface area contributed by atoms with E-state index < -0.39 is 0 Å². The molecule has 1 aromatic carbocycles. The van der Waals surface area contributed by atoms with E-state index in [4.69, 9.17) is 0 Å². The highest BCUT2D eigenvalue weighted by Gasteiger charge is 2.09. The van der Waals surface area contributed by atoms with Crippen molar-refractivity contribution in [1.29, 1.82) is 0 Å². The molecular formula is C14H16BrNO4. The third kappa shape index (κ3) is 5.97. The fourth-order valence-electron chi connectivity index (χ4n) is 1.50. The third-order valence-corrected chi connectivity index (χ3v) is 3.15. The average molecular weight is 342 g/mol. The predicted molar refractivity (Wildman–Crippen MR) is 77.3 cm³/mol. The van der Waals surface area contributed by atoms with Crippen molar-refractivity contribution >= 4 is 33.6 Å². The molecule has 0 bridgehead atoms. The van der Waals surface area contributed by atoms with Gasteiger partial charge in [0.15, 0.2) is 5.78 Å².